The van der Waals surface area contributed by atoms with E-state index in [2.05, 4.69) is 10.6 Å². The van der Waals surface area contributed by atoms with Crippen LogP contribution < -0.4 is 10.6 Å². The third-order valence-corrected chi connectivity index (χ3v) is 4.50. The Morgan fingerprint density at radius 3 is 2.68 bits per heavy atom. The summed E-state index contributed by atoms with van der Waals surface area (Å²) in [5, 5.41) is 5.44. The Morgan fingerprint density at radius 1 is 1.27 bits per heavy atom. The molecule has 0 fully saturated rings. The number of carbonyl (C=O) groups excluding carboxylic acids is 2. The Hall–Kier alpha value is -1.85. The Balaban J connectivity index is 1.83. The second-order valence-corrected chi connectivity index (χ2v) is 6.73. The number of carbonyl (C=O) groups is 2. The minimum absolute atomic E-state index is 0.0593. The molecule has 1 atom stereocenters. The van der Waals surface area contributed by atoms with Crippen molar-refractivity contribution in [1.29, 1.82) is 0 Å². The lowest BCUT2D eigenvalue weighted by Crippen LogP contribution is -2.37. The van der Waals surface area contributed by atoms with Crippen LogP contribution in [0, 0.1) is 6.92 Å². The van der Waals surface area contributed by atoms with Gasteiger partial charge in [-0.2, -0.15) is 0 Å². The van der Waals surface area contributed by atoms with Crippen LogP contribution in [0.2, 0.25) is 4.34 Å². The van der Waals surface area contributed by atoms with Crippen molar-refractivity contribution in [2.75, 3.05) is 6.54 Å². The van der Waals surface area contributed by atoms with Crippen molar-refractivity contribution in [3.63, 3.8) is 0 Å². The summed E-state index contributed by atoms with van der Waals surface area (Å²) in [6.45, 7) is 3.73. The van der Waals surface area contributed by atoms with Crippen LogP contribution in [0.4, 0.5) is 0 Å². The number of hydrogen-bond acceptors (Lipinski definition) is 3. The number of halogens is 1. The second kappa shape index (κ2) is 7.42. The highest BCUT2D eigenvalue weighted by Gasteiger charge is 2.13. The third-order valence-electron chi connectivity index (χ3n) is 3.09. The monoisotopic (exact) mass is 336 g/mol. The van der Waals surface area contributed by atoms with E-state index in [4.69, 9.17) is 11.6 Å². The Bertz CT molecular complexity index is 684. The summed E-state index contributed by atoms with van der Waals surface area (Å²) in [5.74, 6) is -0.497. The molecule has 0 saturated carbocycles. The number of thiophene rings is 1. The van der Waals surface area contributed by atoms with Crippen LogP contribution in [0.1, 0.15) is 33.8 Å². The van der Waals surface area contributed by atoms with E-state index in [1.165, 1.54) is 11.3 Å². The van der Waals surface area contributed by atoms with Gasteiger partial charge in [-0.3, -0.25) is 9.59 Å². The Labute approximate surface area is 138 Å². The van der Waals surface area contributed by atoms with E-state index in [0.717, 1.165) is 10.4 Å². The quantitative estimate of drug-likeness (QED) is 0.880. The summed E-state index contributed by atoms with van der Waals surface area (Å²) >= 11 is 7.30. The zero-order valence-electron chi connectivity index (χ0n) is 12.4. The lowest BCUT2D eigenvalue weighted by atomic mass is 10.1. The number of hydrogen-bond donors (Lipinski definition) is 2. The van der Waals surface area contributed by atoms with Crippen molar-refractivity contribution in [1.82, 2.24) is 10.6 Å². The lowest BCUT2D eigenvalue weighted by Gasteiger charge is -2.12. The maximum atomic E-state index is 12.0. The maximum Gasteiger partial charge on any atom is 0.251 e. The van der Waals surface area contributed by atoms with Gasteiger partial charge in [0.1, 0.15) is 0 Å². The van der Waals surface area contributed by atoms with Crippen LogP contribution in [-0.2, 0) is 4.79 Å². The molecule has 4 nitrogen and oxygen atoms in total. The molecule has 0 spiro atoms. The molecule has 0 aliphatic rings. The van der Waals surface area contributed by atoms with Gasteiger partial charge in [0.2, 0.25) is 5.91 Å². The molecule has 2 amide bonds. The fourth-order valence-corrected chi connectivity index (χ4v) is 3.04. The normalized spacial score (nSPS) is 11.8. The first-order valence-corrected chi connectivity index (χ1v) is 8.04. The molecule has 0 bridgehead atoms. The first-order chi connectivity index (χ1) is 10.5. The number of aryl methyl sites for hydroxylation is 1. The van der Waals surface area contributed by atoms with Gasteiger partial charge < -0.3 is 10.6 Å². The highest BCUT2D eigenvalue weighted by Crippen LogP contribution is 2.26. The molecular formula is C16H17ClN2O2S. The molecule has 0 aliphatic heterocycles. The first kappa shape index (κ1) is 16.5. The lowest BCUT2D eigenvalue weighted by molar-refractivity contribution is -0.120. The molecule has 1 aromatic heterocycles. The summed E-state index contributed by atoms with van der Waals surface area (Å²) in [6, 6.07) is 10.8. The van der Waals surface area contributed by atoms with Crippen LogP contribution in [0.25, 0.3) is 0 Å². The molecule has 0 saturated heterocycles. The Kier molecular flexibility index (Phi) is 5.57. The van der Waals surface area contributed by atoms with Crippen molar-refractivity contribution in [2.45, 2.75) is 19.9 Å². The predicted molar refractivity (Wildman–Crippen MR) is 89.4 cm³/mol. The van der Waals surface area contributed by atoms with Gasteiger partial charge in [-0.25, -0.2) is 0 Å². The van der Waals surface area contributed by atoms with E-state index in [-0.39, 0.29) is 24.4 Å². The van der Waals surface area contributed by atoms with Gasteiger partial charge in [0, 0.05) is 10.4 Å². The standard InChI is InChI=1S/C16H17ClN2O2S/c1-10-4-3-5-12(8-10)16(21)18-9-15(20)19-11(2)13-6-7-14(17)22-13/h3-8,11H,9H2,1-2H3,(H,18,21)(H,19,20). The van der Waals surface area contributed by atoms with Gasteiger partial charge in [0.15, 0.2) is 0 Å². The van der Waals surface area contributed by atoms with Gasteiger partial charge in [-0.05, 0) is 38.1 Å². The smallest absolute Gasteiger partial charge is 0.251 e. The van der Waals surface area contributed by atoms with E-state index in [1.807, 2.05) is 32.0 Å². The minimum Gasteiger partial charge on any atom is -0.347 e. The topological polar surface area (TPSA) is 58.2 Å². The van der Waals surface area contributed by atoms with Crippen LogP contribution in [0.5, 0.6) is 0 Å². The Morgan fingerprint density at radius 2 is 2.05 bits per heavy atom. The molecule has 0 radical (unpaired) electrons. The summed E-state index contributed by atoms with van der Waals surface area (Å²) in [6.07, 6.45) is 0. The summed E-state index contributed by atoms with van der Waals surface area (Å²) < 4.78 is 0.684. The van der Waals surface area contributed by atoms with E-state index >= 15 is 0 Å². The number of amides is 2. The highest BCUT2D eigenvalue weighted by atomic mass is 35.5. The number of rotatable bonds is 5. The van der Waals surface area contributed by atoms with E-state index < -0.39 is 0 Å². The summed E-state index contributed by atoms with van der Waals surface area (Å²) in [4.78, 5) is 24.8. The van der Waals surface area contributed by atoms with Gasteiger partial charge >= 0.3 is 0 Å². The average molecular weight is 337 g/mol. The van der Waals surface area contributed by atoms with Gasteiger partial charge in [-0.1, -0.05) is 29.3 Å². The van der Waals surface area contributed by atoms with Gasteiger partial charge in [0.25, 0.3) is 5.91 Å². The molecule has 6 heteroatoms. The van der Waals surface area contributed by atoms with Crippen LogP contribution in [0.15, 0.2) is 36.4 Å². The second-order valence-electron chi connectivity index (χ2n) is 4.98. The van der Waals surface area contributed by atoms with Crippen LogP contribution in [0.3, 0.4) is 0 Å². The van der Waals surface area contributed by atoms with E-state index in [1.54, 1.807) is 18.2 Å². The molecule has 1 heterocycles. The number of benzene rings is 1. The predicted octanol–water partition coefficient (Wildman–Crippen LogP) is 3.32. The molecule has 2 aromatic rings. The van der Waals surface area contributed by atoms with Gasteiger partial charge in [-0.15, -0.1) is 11.3 Å². The van der Waals surface area contributed by atoms with Gasteiger partial charge in [0.05, 0.1) is 16.9 Å². The van der Waals surface area contributed by atoms with E-state index in [0.29, 0.717) is 9.90 Å². The van der Waals surface area contributed by atoms with Crippen LogP contribution >= 0.6 is 22.9 Å². The summed E-state index contributed by atoms with van der Waals surface area (Å²) in [5.41, 5.74) is 1.55. The SMILES string of the molecule is Cc1cccc(C(=O)NCC(=O)NC(C)c2ccc(Cl)s2)c1. The van der Waals surface area contributed by atoms with Crippen molar-refractivity contribution < 1.29 is 9.59 Å². The molecular weight excluding hydrogens is 320 g/mol. The van der Waals surface area contributed by atoms with Crippen molar-refractivity contribution in [3.05, 3.63) is 56.7 Å². The molecule has 1 unspecified atom stereocenters. The summed E-state index contributed by atoms with van der Waals surface area (Å²) in [7, 11) is 0. The third kappa shape index (κ3) is 4.58. The molecule has 2 rings (SSSR count). The highest BCUT2D eigenvalue weighted by molar-refractivity contribution is 7.16. The molecule has 116 valence electrons. The first-order valence-electron chi connectivity index (χ1n) is 6.85. The minimum atomic E-state index is -0.259. The fourth-order valence-electron chi connectivity index (χ4n) is 1.97. The maximum absolute atomic E-state index is 12.0. The largest absolute Gasteiger partial charge is 0.347 e. The zero-order valence-corrected chi connectivity index (χ0v) is 13.9. The van der Waals surface area contributed by atoms with Crippen LogP contribution in [-0.4, -0.2) is 18.4 Å². The molecule has 1 aromatic carbocycles. The number of nitrogens with one attached hydrogen (secondary N) is 2. The average Bonchev–Trinajstić information content (AvgIpc) is 2.91. The fraction of sp³-hybridized carbons (Fsp3) is 0.250. The van der Waals surface area contributed by atoms with Crippen molar-refractivity contribution in [2.24, 2.45) is 0 Å². The van der Waals surface area contributed by atoms with Crippen molar-refractivity contribution >= 4 is 34.8 Å². The zero-order chi connectivity index (χ0) is 16.1. The van der Waals surface area contributed by atoms with Crippen molar-refractivity contribution in [3.8, 4) is 0 Å². The molecule has 2 N–H and O–H groups in total. The van der Waals surface area contributed by atoms with E-state index in [9.17, 15) is 9.59 Å². The molecule has 0 aliphatic carbocycles. The molecule has 22 heavy (non-hydrogen) atoms.